The van der Waals surface area contributed by atoms with E-state index >= 15 is 0 Å². The molecule has 3 N–H and O–H groups in total. The van der Waals surface area contributed by atoms with E-state index in [1.807, 2.05) is 13.0 Å². The molecule has 4 rings (SSSR count). The van der Waals surface area contributed by atoms with Crippen LogP contribution in [0.25, 0.3) is 0 Å². The molecule has 2 aromatic rings. The number of aromatic nitrogens is 1. The van der Waals surface area contributed by atoms with Crippen molar-refractivity contribution in [3.05, 3.63) is 53.7 Å². The number of carbonyl (C=O) groups is 3. The van der Waals surface area contributed by atoms with E-state index in [4.69, 9.17) is 5.73 Å². The van der Waals surface area contributed by atoms with E-state index < -0.39 is 47.9 Å². The molecule has 1 aliphatic carbocycles. The second-order valence-electron chi connectivity index (χ2n) is 10.2. The number of nitrogens with two attached hydrogens (primary N) is 1. The molecule has 2 fully saturated rings. The molecule has 4 amide bonds. The first-order valence-corrected chi connectivity index (χ1v) is 12.7. The Balaban J connectivity index is 1.61. The van der Waals surface area contributed by atoms with Gasteiger partial charge in [0.15, 0.2) is 0 Å². The summed E-state index contributed by atoms with van der Waals surface area (Å²) in [5.74, 6) is -2.77. The number of aryl methyl sites for hydroxylation is 1. The van der Waals surface area contributed by atoms with Crippen LogP contribution in [0.1, 0.15) is 43.2 Å². The highest BCUT2D eigenvalue weighted by atomic mass is 19.4. The lowest BCUT2D eigenvalue weighted by Gasteiger charge is -2.46. The standard InChI is InChI=1S/C27H32F3N5O3/c1-16-7-6-10-19(13-16)34(2)25(37)22-20(14-17-11-12-32-21(31)15-17)24(36)35(22)26(38)33-23(27(28,29)30)18-8-4-3-5-9-18/h6-7,10-13,15,18,20,22-23H,3-5,8-9,14H2,1-2H3,(H2,31,32)(H,33,38)/t20-,22+,23?/m1/s1. The predicted octanol–water partition coefficient (Wildman–Crippen LogP) is 4.23. The number of urea groups is 1. The number of nitrogen functional groups attached to an aromatic ring is 1. The fourth-order valence-electron chi connectivity index (χ4n) is 5.43. The van der Waals surface area contributed by atoms with E-state index in [1.54, 1.807) is 30.3 Å². The first-order valence-electron chi connectivity index (χ1n) is 12.7. The van der Waals surface area contributed by atoms with Crippen molar-refractivity contribution in [1.29, 1.82) is 0 Å². The van der Waals surface area contributed by atoms with Crippen LogP contribution in [-0.2, 0) is 16.0 Å². The van der Waals surface area contributed by atoms with Gasteiger partial charge < -0.3 is 16.0 Å². The Morgan fingerprint density at radius 2 is 1.89 bits per heavy atom. The lowest BCUT2D eigenvalue weighted by atomic mass is 9.81. The summed E-state index contributed by atoms with van der Waals surface area (Å²) in [5.41, 5.74) is 7.81. The molecule has 0 radical (unpaired) electrons. The molecule has 3 atom stereocenters. The van der Waals surface area contributed by atoms with Gasteiger partial charge in [-0.2, -0.15) is 13.2 Å². The summed E-state index contributed by atoms with van der Waals surface area (Å²) in [6.45, 7) is 1.85. The summed E-state index contributed by atoms with van der Waals surface area (Å²) in [6, 6.07) is 5.72. The van der Waals surface area contributed by atoms with Crippen molar-refractivity contribution >= 4 is 29.4 Å². The molecular weight excluding hydrogens is 499 g/mol. The average Bonchev–Trinajstić information content (AvgIpc) is 2.87. The van der Waals surface area contributed by atoms with Gasteiger partial charge in [0.05, 0.1) is 5.92 Å². The molecule has 38 heavy (non-hydrogen) atoms. The lowest BCUT2D eigenvalue weighted by Crippen LogP contribution is -2.71. The van der Waals surface area contributed by atoms with Crippen LogP contribution >= 0.6 is 0 Å². The average molecular weight is 532 g/mol. The van der Waals surface area contributed by atoms with Crippen molar-refractivity contribution in [2.75, 3.05) is 17.7 Å². The number of halogens is 3. The van der Waals surface area contributed by atoms with E-state index in [0.29, 0.717) is 41.8 Å². The Morgan fingerprint density at radius 1 is 1.18 bits per heavy atom. The molecule has 1 saturated heterocycles. The van der Waals surface area contributed by atoms with E-state index in [0.717, 1.165) is 12.0 Å². The molecule has 11 heteroatoms. The third-order valence-electron chi connectivity index (χ3n) is 7.46. The fourth-order valence-corrected chi connectivity index (χ4v) is 5.43. The number of hydrogen-bond acceptors (Lipinski definition) is 5. The lowest BCUT2D eigenvalue weighted by molar-refractivity contribution is -0.170. The van der Waals surface area contributed by atoms with E-state index in [9.17, 15) is 27.6 Å². The molecule has 2 heterocycles. The van der Waals surface area contributed by atoms with Crippen LogP contribution in [-0.4, -0.2) is 53.0 Å². The van der Waals surface area contributed by atoms with Gasteiger partial charge in [-0.05, 0) is 67.5 Å². The largest absolute Gasteiger partial charge is 0.408 e. The maximum Gasteiger partial charge on any atom is 0.408 e. The van der Waals surface area contributed by atoms with E-state index in [2.05, 4.69) is 10.3 Å². The molecule has 1 unspecified atom stereocenters. The van der Waals surface area contributed by atoms with Gasteiger partial charge in [-0.25, -0.2) is 9.78 Å². The smallest absolute Gasteiger partial charge is 0.384 e. The summed E-state index contributed by atoms with van der Waals surface area (Å²) in [7, 11) is 1.51. The number of imide groups is 1. The summed E-state index contributed by atoms with van der Waals surface area (Å²) < 4.78 is 41.9. The number of likely N-dealkylation sites (N-methyl/N-ethyl adjacent to an activating group) is 1. The number of nitrogens with one attached hydrogen (secondary N) is 1. The van der Waals surface area contributed by atoms with Crippen molar-refractivity contribution in [3.63, 3.8) is 0 Å². The monoisotopic (exact) mass is 531 g/mol. The molecule has 0 spiro atoms. The SMILES string of the molecule is Cc1cccc(N(C)C(=O)[C@@H]2[C@@H](Cc3ccnc(N)c3)C(=O)N2C(=O)NC(C2CCCCC2)C(F)(F)F)c1. The normalized spacial score (nSPS) is 21.0. The number of amides is 4. The fraction of sp³-hybridized carbons (Fsp3) is 0.481. The quantitative estimate of drug-likeness (QED) is 0.543. The number of carbonyl (C=O) groups excluding carboxylic acids is 3. The number of benzene rings is 1. The van der Waals surface area contributed by atoms with Crippen molar-refractivity contribution in [2.45, 2.75) is 63.7 Å². The number of pyridine rings is 1. The third-order valence-corrected chi connectivity index (χ3v) is 7.46. The highest BCUT2D eigenvalue weighted by molar-refractivity contribution is 6.12. The zero-order valence-electron chi connectivity index (χ0n) is 21.4. The molecule has 1 aliphatic heterocycles. The minimum absolute atomic E-state index is 0.0821. The number of β-lactam (4-membered cyclic amide) rings is 1. The van der Waals surface area contributed by atoms with Crippen molar-refractivity contribution in [1.82, 2.24) is 15.2 Å². The van der Waals surface area contributed by atoms with Gasteiger partial charge in [-0.3, -0.25) is 14.5 Å². The van der Waals surface area contributed by atoms with Crippen LogP contribution in [0.4, 0.5) is 29.5 Å². The molecule has 204 valence electrons. The zero-order chi connectivity index (χ0) is 27.6. The Morgan fingerprint density at radius 3 is 2.53 bits per heavy atom. The van der Waals surface area contributed by atoms with Crippen molar-refractivity contribution < 1.29 is 27.6 Å². The summed E-state index contributed by atoms with van der Waals surface area (Å²) >= 11 is 0. The zero-order valence-corrected chi connectivity index (χ0v) is 21.4. The summed E-state index contributed by atoms with van der Waals surface area (Å²) in [5, 5.41) is 2.07. The molecule has 8 nitrogen and oxygen atoms in total. The van der Waals surface area contributed by atoms with Gasteiger partial charge in [0.1, 0.15) is 17.9 Å². The molecule has 2 aliphatic rings. The highest BCUT2D eigenvalue weighted by Gasteiger charge is 2.56. The second kappa shape index (κ2) is 11.0. The minimum atomic E-state index is -4.68. The third kappa shape index (κ3) is 5.76. The Kier molecular flexibility index (Phi) is 7.94. The Hall–Kier alpha value is -3.63. The molecular formula is C27H32F3N5O3. The number of anilines is 2. The minimum Gasteiger partial charge on any atom is -0.384 e. The van der Waals surface area contributed by atoms with Crippen molar-refractivity contribution in [2.24, 2.45) is 11.8 Å². The molecule has 0 bridgehead atoms. The van der Waals surface area contributed by atoms with Crippen molar-refractivity contribution in [3.8, 4) is 0 Å². The topological polar surface area (TPSA) is 109 Å². The van der Waals surface area contributed by atoms with Gasteiger partial charge in [0, 0.05) is 18.9 Å². The van der Waals surface area contributed by atoms with Crippen LogP contribution in [0.15, 0.2) is 42.6 Å². The van der Waals surface area contributed by atoms with E-state index in [-0.39, 0.29) is 12.2 Å². The maximum atomic E-state index is 14.0. The first-order chi connectivity index (χ1) is 18.0. The molecule has 1 saturated carbocycles. The molecule has 1 aromatic carbocycles. The van der Waals surface area contributed by atoms with E-state index in [1.165, 1.54) is 18.1 Å². The number of hydrogen-bond donors (Lipinski definition) is 2. The highest BCUT2D eigenvalue weighted by Crippen LogP contribution is 2.37. The van der Waals surface area contributed by atoms with Crippen LogP contribution in [0, 0.1) is 18.8 Å². The van der Waals surface area contributed by atoms with Gasteiger partial charge >= 0.3 is 12.2 Å². The summed E-state index contributed by atoms with van der Waals surface area (Å²) in [4.78, 5) is 45.9. The van der Waals surface area contributed by atoms with Crippen LogP contribution in [0.5, 0.6) is 0 Å². The number of rotatable bonds is 6. The van der Waals surface area contributed by atoms with Crippen LogP contribution < -0.4 is 16.0 Å². The predicted molar refractivity (Wildman–Crippen MR) is 136 cm³/mol. The second-order valence-corrected chi connectivity index (χ2v) is 10.2. The van der Waals surface area contributed by atoms with Crippen LogP contribution in [0.2, 0.25) is 0 Å². The van der Waals surface area contributed by atoms with Gasteiger partial charge in [0.2, 0.25) is 5.91 Å². The maximum absolute atomic E-state index is 14.0. The van der Waals surface area contributed by atoms with Gasteiger partial charge in [0.25, 0.3) is 5.91 Å². The number of alkyl halides is 3. The van der Waals surface area contributed by atoms with Gasteiger partial charge in [-0.1, -0.05) is 31.4 Å². The first kappa shape index (κ1) is 27.4. The molecule has 1 aromatic heterocycles. The van der Waals surface area contributed by atoms with Crippen LogP contribution in [0.3, 0.4) is 0 Å². The Bertz CT molecular complexity index is 1200. The summed E-state index contributed by atoms with van der Waals surface area (Å²) in [6.07, 6.45) is -0.318. The number of nitrogens with zero attached hydrogens (tertiary/aromatic N) is 3. The number of likely N-dealkylation sites (tertiary alicyclic amines) is 1. The Labute approximate surface area is 219 Å². The van der Waals surface area contributed by atoms with Gasteiger partial charge in [-0.15, -0.1) is 0 Å².